The van der Waals surface area contributed by atoms with Gasteiger partial charge in [-0.3, -0.25) is 9.59 Å². The van der Waals surface area contributed by atoms with Crippen molar-refractivity contribution in [3.63, 3.8) is 0 Å². The summed E-state index contributed by atoms with van der Waals surface area (Å²) in [5.41, 5.74) is 1.02. The van der Waals surface area contributed by atoms with Gasteiger partial charge in [-0.2, -0.15) is 0 Å². The first-order valence-corrected chi connectivity index (χ1v) is 12.1. The predicted octanol–water partition coefficient (Wildman–Crippen LogP) is 5.91. The Kier molecular flexibility index (Phi) is 8.78. The number of aryl methyl sites for hydroxylation is 1. The molecule has 0 N–H and O–H groups in total. The van der Waals surface area contributed by atoms with Gasteiger partial charge in [0.05, 0.1) is 12.1 Å². The molecule has 0 aliphatic carbocycles. The van der Waals surface area contributed by atoms with Crippen LogP contribution in [-0.4, -0.2) is 34.7 Å². The van der Waals surface area contributed by atoms with Gasteiger partial charge in [-0.05, 0) is 42.7 Å². The van der Waals surface area contributed by atoms with E-state index in [9.17, 15) is 14.0 Å². The van der Waals surface area contributed by atoms with E-state index in [1.54, 1.807) is 28.4 Å². The Bertz CT molecular complexity index is 1070. The van der Waals surface area contributed by atoms with Crippen LogP contribution in [0.25, 0.3) is 0 Å². The van der Waals surface area contributed by atoms with Crippen LogP contribution in [0.4, 0.5) is 4.39 Å². The van der Waals surface area contributed by atoms with E-state index >= 15 is 0 Å². The summed E-state index contributed by atoms with van der Waals surface area (Å²) in [4.78, 5) is 32.3. The number of carbonyl (C=O) groups is 2. The molecule has 0 spiro atoms. The number of benzene rings is 2. The Morgan fingerprint density at radius 3 is 2.27 bits per heavy atom. The van der Waals surface area contributed by atoms with E-state index in [0.29, 0.717) is 19.6 Å². The molecule has 6 heteroatoms. The number of carbonyl (C=O) groups excluding carboxylic acids is 2. The van der Waals surface area contributed by atoms with Crippen molar-refractivity contribution in [2.75, 3.05) is 13.1 Å². The molecule has 1 unspecified atom stereocenters. The van der Waals surface area contributed by atoms with Crippen molar-refractivity contribution >= 4 is 23.2 Å². The molecule has 3 aromatic rings. The van der Waals surface area contributed by atoms with Crippen molar-refractivity contribution in [2.24, 2.45) is 5.92 Å². The third-order valence-corrected chi connectivity index (χ3v) is 6.64. The molecule has 0 fully saturated rings. The van der Waals surface area contributed by atoms with Crippen LogP contribution in [0.15, 0.2) is 66.7 Å². The van der Waals surface area contributed by atoms with E-state index < -0.39 is 11.7 Å². The third-order valence-electron chi connectivity index (χ3n) is 5.66. The second kappa shape index (κ2) is 11.8. The van der Waals surface area contributed by atoms with Crippen LogP contribution >= 0.6 is 11.3 Å². The Labute approximate surface area is 199 Å². The number of thiophene rings is 1. The fourth-order valence-corrected chi connectivity index (χ4v) is 4.49. The van der Waals surface area contributed by atoms with Gasteiger partial charge in [0.15, 0.2) is 0 Å². The first-order chi connectivity index (χ1) is 15.9. The molecule has 33 heavy (non-hydrogen) atoms. The Morgan fingerprint density at radius 2 is 1.64 bits per heavy atom. The van der Waals surface area contributed by atoms with Gasteiger partial charge in [0.25, 0.3) is 5.91 Å². The Hall–Kier alpha value is -2.99. The first-order valence-electron chi connectivity index (χ1n) is 11.3. The largest absolute Gasteiger partial charge is 0.332 e. The minimum atomic E-state index is -0.570. The maximum atomic E-state index is 14.4. The van der Waals surface area contributed by atoms with Crippen LogP contribution in [-0.2, 0) is 17.9 Å². The Morgan fingerprint density at radius 1 is 0.939 bits per heavy atom. The van der Waals surface area contributed by atoms with E-state index in [-0.39, 0.29) is 23.9 Å². The highest BCUT2D eigenvalue weighted by Crippen LogP contribution is 2.20. The second-order valence-electron chi connectivity index (χ2n) is 8.43. The van der Waals surface area contributed by atoms with E-state index in [4.69, 9.17) is 0 Å². The van der Waals surface area contributed by atoms with Gasteiger partial charge in [-0.25, -0.2) is 4.39 Å². The van der Waals surface area contributed by atoms with Gasteiger partial charge in [-0.15, -0.1) is 11.3 Å². The molecule has 1 atom stereocenters. The SMILES string of the molecule is CCC(C)CN(CC(=O)N(Cc1ccccc1)Cc1ccc(C)s1)C(=O)c1ccccc1F. The van der Waals surface area contributed by atoms with Gasteiger partial charge >= 0.3 is 0 Å². The first kappa shape index (κ1) is 24.6. The molecule has 0 saturated carbocycles. The summed E-state index contributed by atoms with van der Waals surface area (Å²) in [5.74, 6) is -0.985. The number of amides is 2. The molecule has 1 heterocycles. The van der Waals surface area contributed by atoms with Crippen LogP contribution in [0.2, 0.25) is 0 Å². The van der Waals surface area contributed by atoms with Crippen molar-refractivity contribution in [1.29, 1.82) is 0 Å². The van der Waals surface area contributed by atoms with Crippen LogP contribution < -0.4 is 0 Å². The fourth-order valence-electron chi connectivity index (χ4n) is 3.59. The molecule has 0 bridgehead atoms. The topological polar surface area (TPSA) is 40.6 Å². The second-order valence-corrected chi connectivity index (χ2v) is 9.80. The van der Waals surface area contributed by atoms with Gasteiger partial charge in [0, 0.05) is 22.8 Å². The summed E-state index contributed by atoms with van der Waals surface area (Å²) < 4.78 is 14.4. The summed E-state index contributed by atoms with van der Waals surface area (Å²) in [7, 11) is 0. The monoisotopic (exact) mass is 466 g/mol. The van der Waals surface area contributed by atoms with Crippen LogP contribution in [0.3, 0.4) is 0 Å². The number of hydrogen-bond acceptors (Lipinski definition) is 3. The molecule has 2 amide bonds. The summed E-state index contributed by atoms with van der Waals surface area (Å²) in [6.45, 7) is 7.33. The van der Waals surface area contributed by atoms with Crippen LogP contribution in [0.5, 0.6) is 0 Å². The zero-order valence-corrected chi connectivity index (χ0v) is 20.3. The summed E-state index contributed by atoms with van der Waals surface area (Å²) in [6, 6.07) is 19.8. The average Bonchev–Trinajstić information content (AvgIpc) is 3.23. The summed E-state index contributed by atoms with van der Waals surface area (Å²) >= 11 is 1.66. The number of rotatable bonds is 10. The van der Waals surface area contributed by atoms with Gasteiger partial charge < -0.3 is 9.80 Å². The van der Waals surface area contributed by atoms with E-state index in [1.165, 1.54) is 21.9 Å². The summed E-state index contributed by atoms with van der Waals surface area (Å²) in [5, 5.41) is 0. The number of nitrogens with zero attached hydrogens (tertiary/aromatic N) is 2. The molecule has 0 radical (unpaired) electrons. The molecule has 4 nitrogen and oxygen atoms in total. The molecule has 174 valence electrons. The quantitative estimate of drug-likeness (QED) is 0.373. The smallest absolute Gasteiger partial charge is 0.257 e. The molecule has 0 aliphatic heterocycles. The van der Waals surface area contributed by atoms with E-state index in [2.05, 4.69) is 0 Å². The lowest BCUT2D eigenvalue weighted by Crippen LogP contribution is -2.44. The molecule has 0 saturated heterocycles. The van der Waals surface area contributed by atoms with Crippen molar-refractivity contribution < 1.29 is 14.0 Å². The highest BCUT2D eigenvalue weighted by Gasteiger charge is 2.25. The molecular weight excluding hydrogens is 435 g/mol. The van der Waals surface area contributed by atoms with Gasteiger partial charge in [0.2, 0.25) is 5.91 Å². The fraction of sp³-hybridized carbons (Fsp3) is 0.333. The normalized spacial score (nSPS) is 11.8. The van der Waals surface area contributed by atoms with Crippen LogP contribution in [0, 0.1) is 18.7 Å². The number of halogens is 1. The van der Waals surface area contributed by atoms with Crippen LogP contribution in [0.1, 0.15) is 45.9 Å². The van der Waals surface area contributed by atoms with E-state index in [1.807, 2.05) is 63.2 Å². The molecule has 3 rings (SSSR count). The molecule has 0 aliphatic rings. The van der Waals surface area contributed by atoms with Crippen molar-refractivity contribution in [1.82, 2.24) is 9.80 Å². The standard InChI is InChI=1S/C27H31FN2O2S/c1-4-20(2)16-30(27(32)24-12-8-9-13-25(24)28)19-26(31)29(17-22-10-6-5-7-11-22)18-23-15-14-21(3)33-23/h5-15,20H,4,16-19H2,1-3H3. The van der Waals surface area contributed by atoms with Gasteiger partial charge in [0.1, 0.15) is 12.4 Å². The minimum absolute atomic E-state index is 0.00269. The van der Waals surface area contributed by atoms with Crippen molar-refractivity contribution in [2.45, 2.75) is 40.3 Å². The van der Waals surface area contributed by atoms with Gasteiger partial charge in [-0.1, -0.05) is 62.7 Å². The molecular formula is C27H31FN2O2S. The molecule has 1 aromatic heterocycles. The minimum Gasteiger partial charge on any atom is -0.332 e. The highest BCUT2D eigenvalue weighted by atomic mass is 32.1. The lowest BCUT2D eigenvalue weighted by molar-refractivity contribution is -0.133. The zero-order valence-electron chi connectivity index (χ0n) is 19.5. The van der Waals surface area contributed by atoms with Crippen molar-refractivity contribution in [3.8, 4) is 0 Å². The third kappa shape index (κ3) is 6.99. The average molecular weight is 467 g/mol. The van der Waals surface area contributed by atoms with Crippen molar-refractivity contribution in [3.05, 3.63) is 93.4 Å². The summed E-state index contributed by atoms with van der Waals surface area (Å²) in [6.07, 6.45) is 0.859. The zero-order chi connectivity index (χ0) is 23.8. The lowest BCUT2D eigenvalue weighted by Gasteiger charge is -2.29. The molecule has 2 aromatic carbocycles. The maximum Gasteiger partial charge on any atom is 0.257 e. The lowest BCUT2D eigenvalue weighted by atomic mass is 10.1. The Balaban J connectivity index is 1.84. The number of hydrogen-bond donors (Lipinski definition) is 0. The highest BCUT2D eigenvalue weighted by molar-refractivity contribution is 7.11. The maximum absolute atomic E-state index is 14.4. The van der Waals surface area contributed by atoms with E-state index in [0.717, 1.165) is 16.9 Å². The predicted molar refractivity (Wildman–Crippen MR) is 132 cm³/mol.